The molecule has 3 nitrogen and oxygen atoms in total. The molecule has 0 aromatic heterocycles. The number of rotatable bonds is 1. The van der Waals surface area contributed by atoms with Crippen molar-refractivity contribution in [2.75, 3.05) is 0 Å². The minimum Gasteiger partial charge on any atom is -0.504 e. The van der Waals surface area contributed by atoms with E-state index < -0.39 is 18.7 Å². The van der Waals surface area contributed by atoms with Crippen molar-refractivity contribution in [3.63, 3.8) is 0 Å². The summed E-state index contributed by atoms with van der Waals surface area (Å²) >= 11 is 1.74. The zero-order chi connectivity index (χ0) is 9.30. The van der Waals surface area contributed by atoms with Gasteiger partial charge in [0.1, 0.15) is 0 Å². The molecule has 0 aliphatic rings. The molecule has 12 heavy (non-hydrogen) atoms. The largest absolute Gasteiger partial charge is 0.504 e. The van der Waals surface area contributed by atoms with Crippen LogP contribution >= 0.6 is 22.6 Å². The topological polar surface area (TPSA) is 60.7 Å². The Bertz CT molecular complexity index is 305. The van der Waals surface area contributed by atoms with E-state index in [1.807, 2.05) is 0 Å². The molecular formula is C6H5BFIO3. The van der Waals surface area contributed by atoms with E-state index in [0.717, 1.165) is 0 Å². The van der Waals surface area contributed by atoms with Crippen LogP contribution in [0.5, 0.6) is 5.75 Å². The summed E-state index contributed by atoms with van der Waals surface area (Å²) in [5.41, 5.74) is -0.326. The second-order valence-corrected chi connectivity index (χ2v) is 3.34. The van der Waals surface area contributed by atoms with Gasteiger partial charge in [0.25, 0.3) is 0 Å². The monoisotopic (exact) mass is 282 g/mol. The SMILES string of the molecule is OB(O)c1ccc(I)c(O)c1F. The quantitative estimate of drug-likeness (QED) is 0.494. The van der Waals surface area contributed by atoms with Gasteiger partial charge in [0.15, 0.2) is 11.6 Å². The molecule has 3 N–H and O–H groups in total. The highest BCUT2D eigenvalue weighted by Crippen LogP contribution is 2.20. The van der Waals surface area contributed by atoms with Gasteiger partial charge in [-0.3, -0.25) is 0 Å². The van der Waals surface area contributed by atoms with Crippen LogP contribution in [0.1, 0.15) is 0 Å². The molecule has 1 aromatic carbocycles. The minimum atomic E-state index is -1.90. The molecule has 0 saturated carbocycles. The molecule has 64 valence electrons. The van der Waals surface area contributed by atoms with Crippen LogP contribution < -0.4 is 5.46 Å². The molecule has 0 fully saturated rings. The lowest BCUT2D eigenvalue weighted by Crippen LogP contribution is -2.32. The molecule has 1 aromatic rings. The van der Waals surface area contributed by atoms with E-state index in [4.69, 9.17) is 15.2 Å². The van der Waals surface area contributed by atoms with E-state index >= 15 is 0 Å². The summed E-state index contributed by atoms with van der Waals surface area (Å²) in [6.45, 7) is 0. The maximum atomic E-state index is 12.9. The van der Waals surface area contributed by atoms with Crippen LogP contribution in [0, 0.1) is 9.39 Å². The van der Waals surface area contributed by atoms with Crippen molar-refractivity contribution in [2.24, 2.45) is 0 Å². The number of phenolic OH excluding ortho intramolecular Hbond substituents is 1. The fourth-order valence-electron chi connectivity index (χ4n) is 0.756. The van der Waals surface area contributed by atoms with Crippen LogP contribution in [0.15, 0.2) is 12.1 Å². The summed E-state index contributed by atoms with van der Waals surface area (Å²) in [7, 11) is -1.90. The summed E-state index contributed by atoms with van der Waals surface area (Å²) < 4.78 is 13.3. The zero-order valence-corrected chi connectivity index (χ0v) is 7.99. The highest BCUT2D eigenvalue weighted by atomic mass is 127. The Kier molecular flexibility index (Phi) is 2.91. The van der Waals surface area contributed by atoms with Crippen molar-refractivity contribution in [1.82, 2.24) is 0 Å². The molecule has 0 unspecified atom stereocenters. The van der Waals surface area contributed by atoms with Gasteiger partial charge in [-0.2, -0.15) is 0 Å². The number of aromatic hydroxyl groups is 1. The second-order valence-electron chi connectivity index (χ2n) is 2.17. The molecular weight excluding hydrogens is 277 g/mol. The van der Waals surface area contributed by atoms with E-state index in [1.165, 1.54) is 12.1 Å². The lowest BCUT2D eigenvalue weighted by Gasteiger charge is -2.04. The van der Waals surface area contributed by atoms with Crippen LogP contribution in [0.3, 0.4) is 0 Å². The Morgan fingerprint density at radius 2 is 1.92 bits per heavy atom. The first-order valence-corrected chi connectivity index (χ1v) is 4.15. The first-order valence-electron chi connectivity index (χ1n) is 3.07. The van der Waals surface area contributed by atoms with Crippen molar-refractivity contribution in [1.29, 1.82) is 0 Å². The van der Waals surface area contributed by atoms with Gasteiger partial charge < -0.3 is 15.2 Å². The average molecular weight is 282 g/mol. The Hall–Kier alpha value is -0.335. The van der Waals surface area contributed by atoms with Crippen molar-refractivity contribution < 1.29 is 19.5 Å². The molecule has 1 rings (SSSR count). The Morgan fingerprint density at radius 3 is 2.42 bits per heavy atom. The molecule has 0 bridgehead atoms. The summed E-state index contributed by atoms with van der Waals surface area (Å²) in [5.74, 6) is -1.54. The Balaban J connectivity index is 3.27. The molecule has 0 spiro atoms. The zero-order valence-electron chi connectivity index (χ0n) is 5.83. The van der Waals surface area contributed by atoms with E-state index in [0.29, 0.717) is 3.57 Å². The standard InChI is InChI=1S/C6H5BFIO3/c8-5-3(7(11)12)1-2-4(9)6(5)10/h1-2,10-12H. The number of halogens is 2. The first kappa shape index (κ1) is 9.75. The van der Waals surface area contributed by atoms with Crippen LogP contribution in [0.2, 0.25) is 0 Å². The molecule has 0 saturated heterocycles. The summed E-state index contributed by atoms with van der Waals surface area (Å²) in [6, 6.07) is 2.61. The van der Waals surface area contributed by atoms with E-state index in [9.17, 15) is 4.39 Å². The molecule has 0 atom stereocenters. The molecule has 0 radical (unpaired) electrons. The van der Waals surface area contributed by atoms with Crippen molar-refractivity contribution in [2.45, 2.75) is 0 Å². The van der Waals surface area contributed by atoms with Gasteiger partial charge in [-0.05, 0) is 28.7 Å². The smallest absolute Gasteiger partial charge is 0.491 e. The number of hydrogen-bond acceptors (Lipinski definition) is 3. The minimum absolute atomic E-state index is 0.326. The average Bonchev–Trinajstić information content (AvgIpc) is 2.00. The second kappa shape index (κ2) is 3.59. The van der Waals surface area contributed by atoms with Gasteiger partial charge in [-0.1, -0.05) is 6.07 Å². The Morgan fingerprint density at radius 1 is 1.33 bits per heavy atom. The maximum Gasteiger partial charge on any atom is 0.491 e. The number of phenols is 1. The third-order valence-electron chi connectivity index (χ3n) is 1.37. The highest BCUT2D eigenvalue weighted by Gasteiger charge is 2.20. The molecule has 6 heteroatoms. The Labute approximate surface area is 82.1 Å². The predicted octanol–water partition coefficient (Wildman–Crippen LogP) is -0.184. The number of hydrogen-bond donors (Lipinski definition) is 3. The van der Waals surface area contributed by atoms with Crippen molar-refractivity contribution in [3.8, 4) is 5.75 Å². The maximum absolute atomic E-state index is 12.9. The fourth-order valence-corrected chi connectivity index (χ4v) is 1.17. The van der Waals surface area contributed by atoms with E-state index in [-0.39, 0.29) is 5.46 Å². The van der Waals surface area contributed by atoms with Crippen LogP contribution in [0.4, 0.5) is 4.39 Å². The van der Waals surface area contributed by atoms with Crippen molar-refractivity contribution >= 4 is 35.2 Å². The first-order chi connectivity index (χ1) is 5.54. The lowest BCUT2D eigenvalue weighted by molar-refractivity contribution is 0.411. The molecule has 0 amide bonds. The molecule has 0 heterocycles. The van der Waals surface area contributed by atoms with Gasteiger partial charge in [-0.15, -0.1) is 0 Å². The van der Waals surface area contributed by atoms with Gasteiger partial charge in [-0.25, -0.2) is 4.39 Å². The lowest BCUT2D eigenvalue weighted by atomic mass is 9.80. The van der Waals surface area contributed by atoms with Crippen LogP contribution in [-0.4, -0.2) is 22.3 Å². The van der Waals surface area contributed by atoms with E-state index in [1.54, 1.807) is 22.6 Å². The van der Waals surface area contributed by atoms with Crippen LogP contribution in [-0.2, 0) is 0 Å². The summed E-state index contributed by atoms with van der Waals surface area (Å²) in [6.07, 6.45) is 0. The fraction of sp³-hybridized carbons (Fsp3) is 0. The number of benzene rings is 1. The van der Waals surface area contributed by atoms with Gasteiger partial charge in [0.05, 0.1) is 3.57 Å². The third kappa shape index (κ3) is 1.70. The van der Waals surface area contributed by atoms with Gasteiger partial charge >= 0.3 is 7.12 Å². The van der Waals surface area contributed by atoms with Gasteiger partial charge in [0, 0.05) is 5.46 Å². The summed E-state index contributed by atoms with van der Waals surface area (Å²) in [4.78, 5) is 0. The predicted molar refractivity (Wildman–Crippen MR) is 50.6 cm³/mol. The normalized spacial score (nSPS) is 10.0. The summed E-state index contributed by atoms with van der Waals surface area (Å²) in [5, 5.41) is 26.3. The van der Waals surface area contributed by atoms with Gasteiger partial charge in [0.2, 0.25) is 0 Å². The third-order valence-corrected chi connectivity index (χ3v) is 2.25. The highest BCUT2D eigenvalue weighted by molar-refractivity contribution is 14.1. The van der Waals surface area contributed by atoms with Crippen molar-refractivity contribution in [3.05, 3.63) is 21.5 Å². The van der Waals surface area contributed by atoms with E-state index in [2.05, 4.69) is 0 Å². The van der Waals surface area contributed by atoms with Crippen LogP contribution in [0.25, 0.3) is 0 Å². The molecule has 0 aliphatic carbocycles. The molecule has 0 aliphatic heterocycles.